The Morgan fingerprint density at radius 1 is 1.09 bits per heavy atom. The number of carbonyl (C=O) groups is 1. The van der Waals surface area contributed by atoms with E-state index in [9.17, 15) is 32.7 Å². The molecule has 0 bridgehead atoms. The molecule has 0 unspecified atom stereocenters. The number of ether oxygens (including phenoxy) is 4. The molecule has 2 heterocycles. The molecular weight excluding hydrogens is 603 g/mol. The molecule has 4 rings (SSSR count). The number of sulfonamides is 1. The summed E-state index contributed by atoms with van der Waals surface area (Å²) in [6, 6.07) is 10.4. The van der Waals surface area contributed by atoms with Crippen LogP contribution in [0.15, 0.2) is 53.4 Å². The lowest BCUT2D eigenvalue weighted by Crippen LogP contribution is -2.51. The van der Waals surface area contributed by atoms with Crippen LogP contribution in [0.3, 0.4) is 0 Å². The molecule has 0 spiro atoms. The molecule has 15 heteroatoms. The zero-order chi connectivity index (χ0) is 31.4. The number of hydrogen-bond acceptors (Lipinski definition) is 9. The van der Waals surface area contributed by atoms with Gasteiger partial charge < -0.3 is 39.2 Å². The van der Waals surface area contributed by atoms with Crippen molar-refractivity contribution in [3.05, 3.63) is 54.1 Å². The Bertz CT molecular complexity index is 1380. The van der Waals surface area contributed by atoms with E-state index < -0.39 is 48.3 Å². The van der Waals surface area contributed by atoms with E-state index in [-0.39, 0.29) is 48.2 Å². The number of benzene rings is 2. The van der Waals surface area contributed by atoms with E-state index in [2.05, 4.69) is 5.32 Å². The summed E-state index contributed by atoms with van der Waals surface area (Å²) in [5.74, 6) is 0.302. The lowest BCUT2D eigenvalue weighted by Gasteiger charge is -2.31. The Hall–Kier alpha value is -2.55. The van der Waals surface area contributed by atoms with Gasteiger partial charge in [0.1, 0.15) is 11.9 Å². The molecule has 2 aromatic carbocycles. The van der Waals surface area contributed by atoms with Crippen LogP contribution in [-0.4, -0.2) is 91.7 Å². The van der Waals surface area contributed by atoms with Gasteiger partial charge in [-0.25, -0.2) is 13.2 Å². The molecule has 5 atom stereocenters. The first-order chi connectivity index (χ1) is 20.3. The Morgan fingerprint density at radius 3 is 2.37 bits per heavy atom. The van der Waals surface area contributed by atoms with Crippen LogP contribution in [0, 0.1) is 11.8 Å². The number of fused-ring (bicyclic) bond motifs is 1. The number of methoxy groups -OCH3 is 1. The summed E-state index contributed by atoms with van der Waals surface area (Å²) >= 11 is 0. The van der Waals surface area contributed by atoms with Gasteiger partial charge in [0, 0.05) is 13.1 Å². The van der Waals surface area contributed by atoms with Gasteiger partial charge in [-0.1, -0.05) is 26.0 Å². The molecule has 13 nitrogen and oxygen atoms in total. The highest BCUT2D eigenvalue weighted by Crippen LogP contribution is 2.34. The summed E-state index contributed by atoms with van der Waals surface area (Å²) in [5.41, 5.74) is 0.545. The van der Waals surface area contributed by atoms with E-state index in [0.29, 0.717) is 24.3 Å². The fourth-order valence-corrected chi connectivity index (χ4v) is 7.30. The number of aliphatic hydroxyl groups excluding tert-OH is 1. The van der Waals surface area contributed by atoms with Gasteiger partial charge in [0.15, 0.2) is 6.29 Å². The second-order valence-electron chi connectivity index (χ2n) is 11.1. The first-order valence-electron chi connectivity index (χ1n) is 14.0. The van der Waals surface area contributed by atoms with Crippen LogP contribution in [0.4, 0.5) is 4.79 Å². The number of nitrogens with zero attached hydrogens (tertiary/aromatic N) is 1. The largest absolute Gasteiger partial charge is 0.497 e. The Morgan fingerprint density at radius 2 is 1.77 bits per heavy atom. The van der Waals surface area contributed by atoms with Crippen LogP contribution in [0.2, 0.25) is 0 Å². The Labute approximate surface area is 251 Å². The van der Waals surface area contributed by atoms with Crippen LogP contribution in [0.1, 0.15) is 25.8 Å². The summed E-state index contributed by atoms with van der Waals surface area (Å²) in [7, 11) is -7.04. The molecule has 43 heavy (non-hydrogen) atoms. The van der Waals surface area contributed by atoms with Crippen molar-refractivity contribution >= 4 is 29.0 Å². The molecule has 2 fully saturated rings. The lowest BCUT2D eigenvalue weighted by atomic mass is 10.0. The van der Waals surface area contributed by atoms with Crippen molar-refractivity contribution in [3.8, 4) is 5.75 Å². The minimum absolute atomic E-state index is 0.0200. The molecule has 1 amide bonds. The van der Waals surface area contributed by atoms with Gasteiger partial charge in [0.2, 0.25) is 10.0 Å². The molecule has 2 aromatic rings. The summed E-state index contributed by atoms with van der Waals surface area (Å²) in [6.45, 7) is 4.12. The van der Waals surface area contributed by atoms with Crippen molar-refractivity contribution in [3.63, 3.8) is 0 Å². The fraction of sp³-hybridized carbons (Fsp3) is 0.536. The van der Waals surface area contributed by atoms with E-state index in [1.165, 1.54) is 59.9 Å². The van der Waals surface area contributed by atoms with Crippen molar-refractivity contribution in [1.82, 2.24) is 9.62 Å². The maximum absolute atomic E-state index is 13.6. The van der Waals surface area contributed by atoms with Crippen molar-refractivity contribution in [2.24, 2.45) is 11.8 Å². The predicted octanol–water partition coefficient (Wildman–Crippen LogP) is 1.60. The summed E-state index contributed by atoms with van der Waals surface area (Å²) in [4.78, 5) is 32.0. The quantitative estimate of drug-likeness (QED) is 0.233. The standard InChI is InChI=1S/C28H39N2O11PS/c1-18(2)15-30(43(36,37)22-10-6-20(38-3)7-11-22)16-25(31)24(14-19-4-8-21(9-5-19)42(33,34)35)29-28(32)41-26-17-40-27-23(26)12-13-39-27/h4-11,18,23-27,31H,12-17H2,1-3H3,(H,29,32)(H2,33,34,35)/t23-,24-,25+,26-,27+/m0/s1. The normalized spacial score (nSPS) is 21.9. The van der Waals surface area contributed by atoms with E-state index >= 15 is 0 Å². The van der Waals surface area contributed by atoms with E-state index in [4.69, 9.17) is 18.9 Å². The van der Waals surface area contributed by atoms with E-state index in [1.54, 1.807) is 0 Å². The van der Waals surface area contributed by atoms with Gasteiger partial charge in [0.05, 0.1) is 48.6 Å². The van der Waals surface area contributed by atoms with Gasteiger partial charge in [-0.15, -0.1) is 0 Å². The van der Waals surface area contributed by atoms with Crippen molar-refractivity contribution in [2.45, 2.75) is 56.1 Å². The Balaban J connectivity index is 1.55. The number of nitrogens with one attached hydrogen (secondary N) is 1. The van der Waals surface area contributed by atoms with Crippen molar-refractivity contribution in [1.29, 1.82) is 0 Å². The molecule has 2 aliphatic heterocycles. The van der Waals surface area contributed by atoms with Crippen LogP contribution < -0.4 is 15.4 Å². The predicted molar refractivity (Wildman–Crippen MR) is 155 cm³/mol. The SMILES string of the molecule is COc1ccc(S(=O)(=O)N(CC(C)C)C[C@@H](O)[C@H](Cc2ccc(P(=O)(O)O)cc2)NC(=O)O[C@H]2CO[C@H]3OCC[C@H]32)cc1. The average Bonchev–Trinajstić information content (AvgIpc) is 3.57. The number of amides is 1. The third-order valence-corrected chi connectivity index (χ3v) is 10.2. The summed E-state index contributed by atoms with van der Waals surface area (Å²) in [6.07, 6.45) is -2.48. The monoisotopic (exact) mass is 642 g/mol. The zero-order valence-corrected chi connectivity index (χ0v) is 25.9. The first kappa shape index (κ1) is 33.3. The smallest absolute Gasteiger partial charge is 0.407 e. The van der Waals surface area contributed by atoms with Crippen LogP contribution in [0.25, 0.3) is 0 Å². The number of carbonyl (C=O) groups excluding carboxylic acids is 1. The first-order valence-corrected chi connectivity index (χ1v) is 17.0. The second-order valence-corrected chi connectivity index (χ2v) is 14.6. The molecular formula is C28H39N2O11PS. The molecule has 2 aliphatic rings. The third kappa shape index (κ3) is 8.55. The maximum Gasteiger partial charge on any atom is 0.407 e. The fourth-order valence-electron chi connectivity index (χ4n) is 5.14. The summed E-state index contributed by atoms with van der Waals surface area (Å²) in [5, 5.41) is 13.9. The van der Waals surface area contributed by atoms with Gasteiger partial charge >= 0.3 is 13.7 Å². The highest BCUT2D eigenvalue weighted by molar-refractivity contribution is 7.89. The third-order valence-electron chi connectivity index (χ3n) is 7.40. The maximum atomic E-state index is 13.6. The number of aliphatic hydroxyl groups is 1. The number of rotatable bonds is 13. The molecule has 4 N–H and O–H groups in total. The minimum Gasteiger partial charge on any atom is -0.497 e. The molecule has 238 valence electrons. The number of alkyl carbamates (subject to hydrolysis) is 1. The average molecular weight is 643 g/mol. The minimum atomic E-state index is -4.47. The molecule has 0 aromatic heterocycles. The van der Waals surface area contributed by atoms with E-state index in [0.717, 1.165) is 0 Å². The van der Waals surface area contributed by atoms with Gasteiger partial charge in [0.25, 0.3) is 0 Å². The highest BCUT2D eigenvalue weighted by Gasteiger charge is 2.44. The molecule has 0 radical (unpaired) electrons. The topological polar surface area (TPSA) is 181 Å². The van der Waals surface area contributed by atoms with Gasteiger partial charge in [-0.3, -0.25) is 4.57 Å². The zero-order valence-electron chi connectivity index (χ0n) is 24.2. The second kappa shape index (κ2) is 14.0. The van der Waals surface area contributed by atoms with E-state index in [1.807, 2.05) is 13.8 Å². The Kier molecular flexibility index (Phi) is 10.9. The van der Waals surface area contributed by atoms with Gasteiger partial charge in [-0.05, 0) is 60.7 Å². The van der Waals surface area contributed by atoms with Crippen LogP contribution in [0.5, 0.6) is 5.75 Å². The highest BCUT2D eigenvalue weighted by atomic mass is 32.2. The van der Waals surface area contributed by atoms with Crippen LogP contribution in [-0.2, 0) is 35.2 Å². The molecule has 0 saturated carbocycles. The lowest BCUT2D eigenvalue weighted by molar-refractivity contribution is -0.0907. The van der Waals surface area contributed by atoms with Gasteiger partial charge in [-0.2, -0.15) is 4.31 Å². The van der Waals surface area contributed by atoms with Crippen molar-refractivity contribution < 1.29 is 51.6 Å². The molecule has 0 aliphatic carbocycles. The van der Waals surface area contributed by atoms with Crippen LogP contribution >= 0.6 is 7.60 Å². The summed E-state index contributed by atoms with van der Waals surface area (Å²) < 4.78 is 61.8. The van der Waals surface area contributed by atoms with Crippen molar-refractivity contribution in [2.75, 3.05) is 33.4 Å². The molecule has 2 saturated heterocycles. The number of hydrogen-bond donors (Lipinski definition) is 4.